The van der Waals surface area contributed by atoms with E-state index in [1.54, 1.807) is 20.8 Å². The Morgan fingerprint density at radius 2 is 2.00 bits per heavy atom. The van der Waals surface area contributed by atoms with Crippen LogP contribution in [0.5, 0.6) is 5.75 Å². The zero-order valence-electron chi connectivity index (χ0n) is 12.1. The van der Waals surface area contributed by atoms with Gasteiger partial charge in [-0.25, -0.2) is 9.59 Å². The molecule has 1 aromatic rings. The van der Waals surface area contributed by atoms with Gasteiger partial charge in [0.1, 0.15) is 16.9 Å². The molecule has 0 aliphatic rings. The smallest absolute Gasteiger partial charge is 0.408 e. The number of nitrogens with one attached hydrogen (secondary N) is 1. The van der Waals surface area contributed by atoms with Gasteiger partial charge in [0.15, 0.2) is 0 Å². The maximum atomic E-state index is 11.3. The number of carbonyl (C=O) groups is 2. The molecule has 21 heavy (non-hydrogen) atoms. The van der Waals surface area contributed by atoms with Gasteiger partial charge in [-0.1, -0.05) is 11.8 Å². The molecule has 0 spiro atoms. The second kappa shape index (κ2) is 6.66. The van der Waals surface area contributed by atoms with Crippen LogP contribution in [0.4, 0.5) is 4.79 Å². The maximum absolute atomic E-state index is 11.3. The van der Waals surface area contributed by atoms with Crippen LogP contribution in [0.15, 0.2) is 18.2 Å². The number of carbonyl (C=O) groups excluding carboxylic acids is 1. The van der Waals surface area contributed by atoms with Crippen molar-refractivity contribution >= 4 is 12.1 Å². The third-order valence-electron chi connectivity index (χ3n) is 2.18. The summed E-state index contributed by atoms with van der Waals surface area (Å²) in [5.41, 5.74) is -0.313. The molecular weight excluding hydrogens is 274 g/mol. The summed E-state index contributed by atoms with van der Waals surface area (Å²) < 4.78 is 5.03. The fraction of sp³-hybridized carbons (Fsp3) is 0.333. The highest BCUT2D eigenvalue weighted by Gasteiger charge is 2.15. The van der Waals surface area contributed by atoms with Crippen molar-refractivity contribution in [2.24, 2.45) is 0 Å². The fourth-order valence-electron chi connectivity index (χ4n) is 1.37. The van der Waals surface area contributed by atoms with Crippen molar-refractivity contribution in [3.8, 4) is 17.6 Å². The lowest BCUT2D eigenvalue weighted by Crippen LogP contribution is -2.32. The molecule has 0 aromatic heterocycles. The Bertz CT molecular complexity index is 605. The average Bonchev–Trinajstić information content (AvgIpc) is 2.32. The van der Waals surface area contributed by atoms with Crippen LogP contribution >= 0.6 is 0 Å². The number of ether oxygens (including phenoxy) is 1. The molecule has 0 aliphatic heterocycles. The van der Waals surface area contributed by atoms with E-state index in [-0.39, 0.29) is 17.9 Å². The summed E-state index contributed by atoms with van der Waals surface area (Å²) in [6.45, 7) is 5.34. The van der Waals surface area contributed by atoms with Crippen LogP contribution in [0.25, 0.3) is 0 Å². The normalized spacial score (nSPS) is 10.2. The average molecular weight is 291 g/mol. The first-order valence-electron chi connectivity index (χ1n) is 6.21. The van der Waals surface area contributed by atoms with Crippen LogP contribution in [-0.2, 0) is 4.74 Å². The molecule has 0 heterocycles. The first kappa shape index (κ1) is 16.4. The van der Waals surface area contributed by atoms with Crippen molar-refractivity contribution in [2.45, 2.75) is 26.4 Å². The van der Waals surface area contributed by atoms with E-state index in [1.807, 2.05) is 0 Å². The van der Waals surface area contributed by atoms with Crippen LogP contribution < -0.4 is 5.32 Å². The lowest BCUT2D eigenvalue weighted by atomic mass is 10.1. The van der Waals surface area contributed by atoms with Crippen molar-refractivity contribution in [3.05, 3.63) is 29.3 Å². The van der Waals surface area contributed by atoms with E-state index in [1.165, 1.54) is 18.2 Å². The van der Waals surface area contributed by atoms with E-state index in [0.717, 1.165) is 0 Å². The molecule has 0 atom stereocenters. The lowest BCUT2D eigenvalue weighted by Gasteiger charge is -2.18. The van der Waals surface area contributed by atoms with E-state index >= 15 is 0 Å². The first-order valence-corrected chi connectivity index (χ1v) is 6.21. The van der Waals surface area contributed by atoms with Gasteiger partial charge in [0, 0.05) is 5.56 Å². The number of aromatic carboxylic acids is 1. The molecule has 0 saturated carbocycles. The first-order chi connectivity index (χ1) is 9.69. The van der Waals surface area contributed by atoms with Gasteiger partial charge in [-0.05, 0) is 39.0 Å². The summed E-state index contributed by atoms with van der Waals surface area (Å²) >= 11 is 0. The summed E-state index contributed by atoms with van der Waals surface area (Å²) in [5, 5.41) is 20.7. The molecule has 0 radical (unpaired) electrons. The van der Waals surface area contributed by atoms with E-state index in [9.17, 15) is 14.7 Å². The standard InChI is InChI=1S/C15H17NO5/c1-15(2,3)21-14(20)16-8-4-5-10-6-7-11(13(18)19)12(17)9-10/h6-7,9,17H,8H2,1-3H3,(H,16,20)(H,18,19). The molecule has 0 unspecified atom stereocenters. The number of hydrogen-bond donors (Lipinski definition) is 3. The molecule has 0 saturated heterocycles. The molecule has 6 nitrogen and oxygen atoms in total. The predicted octanol–water partition coefficient (Wildman–Crippen LogP) is 1.97. The van der Waals surface area contributed by atoms with E-state index < -0.39 is 17.7 Å². The number of phenols is 1. The molecule has 0 fully saturated rings. The van der Waals surface area contributed by atoms with Crippen LogP contribution in [0, 0.1) is 11.8 Å². The third-order valence-corrected chi connectivity index (χ3v) is 2.18. The Kier molecular flexibility index (Phi) is 5.19. The summed E-state index contributed by atoms with van der Waals surface area (Å²) in [6, 6.07) is 4.00. The van der Waals surface area contributed by atoms with Gasteiger partial charge in [-0.2, -0.15) is 0 Å². The fourth-order valence-corrected chi connectivity index (χ4v) is 1.37. The van der Waals surface area contributed by atoms with Gasteiger partial charge >= 0.3 is 12.1 Å². The molecule has 1 amide bonds. The Morgan fingerprint density at radius 1 is 1.33 bits per heavy atom. The van der Waals surface area contributed by atoms with Crippen LogP contribution in [0.1, 0.15) is 36.7 Å². The van der Waals surface area contributed by atoms with Crippen LogP contribution in [-0.4, -0.2) is 34.4 Å². The van der Waals surface area contributed by atoms with Crippen molar-refractivity contribution in [3.63, 3.8) is 0 Å². The maximum Gasteiger partial charge on any atom is 0.408 e. The van der Waals surface area contributed by atoms with E-state index in [0.29, 0.717) is 5.56 Å². The molecule has 0 bridgehead atoms. The Balaban J connectivity index is 2.58. The zero-order chi connectivity index (χ0) is 16.0. The number of rotatable bonds is 2. The van der Waals surface area contributed by atoms with Crippen molar-refractivity contribution in [1.82, 2.24) is 5.32 Å². The molecule has 0 aliphatic carbocycles. The SMILES string of the molecule is CC(C)(C)OC(=O)NCC#Cc1ccc(C(=O)O)c(O)c1. The van der Waals surface area contributed by atoms with Gasteiger partial charge < -0.3 is 20.3 Å². The quantitative estimate of drug-likeness (QED) is 0.724. The lowest BCUT2D eigenvalue weighted by molar-refractivity contribution is 0.0534. The van der Waals surface area contributed by atoms with E-state index in [2.05, 4.69) is 17.2 Å². The number of carboxylic acid groups (broad SMARTS) is 1. The van der Waals surface area contributed by atoms with Gasteiger partial charge in [0.25, 0.3) is 0 Å². The van der Waals surface area contributed by atoms with Crippen molar-refractivity contribution in [2.75, 3.05) is 6.54 Å². The third kappa shape index (κ3) is 5.87. The van der Waals surface area contributed by atoms with Gasteiger partial charge in [-0.3, -0.25) is 0 Å². The second-order valence-corrected chi connectivity index (χ2v) is 5.19. The molecular formula is C15H17NO5. The molecule has 3 N–H and O–H groups in total. The van der Waals surface area contributed by atoms with Crippen LogP contribution in [0.2, 0.25) is 0 Å². The Hall–Kier alpha value is -2.68. The molecule has 112 valence electrons. The second-order valence-electron chi connectivity index (χ2n) is 5.19. The molecule has 1 aromatic carbocycles. The van der Waals surface area contributed by atoms with Gasteiger partial charge in [-0.15, -0.1) is 0 Å². The Labute approximate surface area is 122 Å². The summed E-state index contributed by atoms with van der Waals surface area (Å²) in [6.07, 6.45) is -0.569. The Morgan fingerprint density at radius 3 is 2.52 bits per heavy atom. The monoisotopic (exact) mass is 291 g/mol. The minimum atomic E-state index is -1.21. The van der Waals surface area contributed by atoms with Crippen LogP contribution in [0.3, 0.4) is 0 Å². The van der Waals surface area contributed by atoms with Gasteiger partial charge in [0.05, 0.1) is 6.54 Å². The highest BCUT2D eigenvalue weighted by Crippen LogP contribution is 2.18. The molecule has 6 heteroatoms. The number of carboxylic acids is 1. The zero-order valence-corrected chi connectivity index (χ0v) is 12.1. The number of aromatic hydroxyl groups is 1. The topological polar surface area (TPSA) is 95.9 Å². The largest absolute Gasteiger partial charge is 0.507 e. The minimum Gasteiger partial charge on any atom is -0.507 e. The molecule has 1 rings (SSSR count). The highest BCUT2D eigenvalue weighted by atomic mass is 16.6. The highest BCUT2D eigenvalue weighted by molar-refractivity contribution is 5.90. The van der Waals surface area contributed by atoms with Gasteiger partial charge in [0.2, 0.25) is 0 Å². The summed E-state index contributed by atoms with van der Waals surface area (Å²) in [4.78, 5) is 22.1. The predicted molar refractivity (Wildman–Crippen MR) is 76.2 cm³/mol. The number of benzene rings is 1. The van der Waals surface area contributed by atoms with E-state index in [4.69, 9.17) is 9.84 Å². The number of alkyl carbamates (subject to hydrolysis) is 1. The van der Waals surface area contributed by atoms with Crippen molar-refractivity contribution < 1.29 is 24.5 Å². The van der Waals surface area contributed by atoms with Crippen molar-refractivity contribution in [1.29, 1.82) is 0 Å². The number of amides is 1. The summed E-state index contributed by atoms with van der Waals surface area (Å²) in [5.74, 6) is 3.81. The number of hydrogen-bond acceptors (Lipinski definition) is 4. The summed E-state index contributed by atoms with van der Waals surface area (Å²) in [7, 11) is 0. The minimum absolute atomic E-state index is 0.0797.